The molecule has 12 heteroatoms. The Bertz CT molecular complexity index is 2050. The van der Waals surface area contributed by atoms with Gasteiger partial charge in [-0.25, -0.2) is 0 Å². The Hall–Kier alpha value is -5.91. The molecule has 0 unspecified atom stereocenters. The van der Waals surface area contributed by atoms with E-state index in [-0.39, 0.29) is 48.4 Å². The summed E-state index contributed by atoms with van der Waals surface area (Å²) in [5, 5.41) is 20.8. The average molecular weight is 748 g/mol. The highest BCUT2D eigenvalue weighted by Crippen LogP contribution is 2.61. The molecule has 0 spiro atoms. The fourth-order valence-electron chi connectivity index (χ4n) is 9.22. The number of nitrogens with one attached hydrogen (secondary N) is 1. The number of nitrogens with zero attached hydrogens (tertiary/aromatic N) is 2. The van der Waals surface area contributed by atoms with Crippen molar-refractivity contribution in [1.29, 1.82) is 0 Å². The fourth-order valence-corrected chi connectivity index (χ4v) is 9.22. The number of anilines is 1. The van der Waals surface area contributed by atoms with E-state index in [0.29, 0.717) is 42.5 Å². The Labute approximate surface area is 319 Å². The van der Waals surface area contributed by atoms with Gasteiger partial charge < -0.3 is 19.7 Å². The van der Waals surface area contributed by atoms with E-state index < -0.39 is 52.8 Å². The molecule has 12 nitrogen and oxygen atoms in total. The molecule has 4 amide bonds. The number of imide groups is 2. The number of likely N-dealkylation sites (tertiary alicyclic amines) is 1. The minimum absolute atomic E-state index is 0.0220. The highest BCUT2D eigenvalue weighted by Gasteiger charge is 2.69. The molecule has 4 aliphatic rings. The molecule has 286 valence electrons. The Morgan fingerprint density at radius 1 is 0.909 bits per heavy atom. The summed E-state index contributed by atoms with van der Waals surface area (Å²) >= 11 is 0. The van der Waals surface area contributed by atoms with Gasteiger partial charge in [-0.05, 0) is 73.9 Å². The molecule has 7 rings (SSSR count). The molecule has 2 aliphatic carbocycles. The summed E-state index contributed by atoms with van der Waals surface area (Å²) in [7, 11) is 2.87. The first-order valence-electron chi connectivity index (χ1n) is 18.7. The maximum Gasteiger partial charge on any atom is 0.303 e. The summed E-state index contributed by atoms with van der Waals surface area (Å²) in [5.74, 6) is -5.51. The van der Waals surface area contributed by atoms with Crippen molar-refractivity contribution in [1.82, 2.24) is 9.91 Å². The lowest BCUT2D eigenvalue weighted by Crippen LogP contribution is -2.54. The van der Waals surface area contributed by atoms with Gasteiger partial charge in [-0.3, -0.25) is 34.3 Å². The molecule has 0 aromatic heterocycles. The zero-order valence-corrected chi connectivity index (χ0v) is 31.1. The second-order valence-electron chi connectivity index (χ2n) is 14.8. The van der Waals surface area contributed by atoms with Gasteiger partial charge >= 0.3 is 5.97 Å². The van der Waals surface area contributed by atoms with Crippen molar-refractivity contribution in [3.63, 3.8) is 0 Å². The molecule has 2 aliphatic heterocycles. The molecular formula is C43H45N3O9. The molecule has 0 radical (unpaired) electrons. The SMILES string of the molecule is COc1cc(C=C[C@H]2C3=CC[C@@H]4C(=O)N(CCCCCC(=O)O)C(=O)[C@@H]4[C@@H]3C[C@H]3C(=O)N(Nc4ccc(C)cc4)C(=O)[C@@]23c2ccccc2)cc(OC)c1O. The smallest absolute Gasteiger partial charge is 0.303 e. The number of unbranched alkanes of at least 4 members (excludes halogenated alkanes) is 2. The van der Waals surface area contributed by atoms with Gasteiger partial charge in [-0.2, -0.15) is 5.01 Å². The van der Waals surface area contributed by atoms with E-state index in [9.17, 15) is 24.3 Å². The van der Waals surface area contributed by atoms with Crippen LogP contribution in [-0.4, -0.2) is 70.5 Å². The van der Waals surface area contributed by atoms with E-state index in [1.54, 1.807) is 12.1 Å². The Kier molecular flexibility index (Phi) is 10.3. The number of carboxylic acid groups (broad SMARTS) is 1. The number of rotatable bonds is 13. The van der Waals surface area contributed by atoms with Crippen LogP contribution in [0.4, 0.5) is 5.69 Å². The Morgan fingerprint density at radius 2 is 1.60 bits per heavy atom. The summed E-state index contributed by atoms with van der Waals surface area (Å²) in [6.45, 7) is 2.15. The first-order chi connectivity index (χ1) is 26.5. The van der Waals surface area contributed by atoms with Crippen LogP contribution in [0, 0.1) is 36.5 Å². The van der Waals surface area contributed by atoms with Crippen LogP contribution in [0.2, 0.25) is 0 Å². The van der Waals surface area contributed by atoms with Gasteiger partial charge in [-0.15, -0.1) is 0 Å². The van der Waals surface area contributed by atoms with E-state index in [4.69, 9.17) is 14.6 Å². The van der Waals surface area contributed by atoms with E-state index in [1.165, 1.54) is 19.1 Å². The van der Waals surface area contributed by atoms with Crippen LogP contribution in [0.5, 0.6) is 17.2 Å². The van der Waals surface area contributed by atoms with Crippen molar-refractivity contribution in [2.75, 3.05) is 26.2 Å². The number of methoxy groups -OCH3 is 2. The minimum atomic E-state index is -1.41. The lowest BCUT2D eigenvalue weighted by atomic mass is 9.50. The summed E-state index contributed by atoms with van der Waals surface area (Å²) in [6, 6.07) is 20.0. The predicted molar refractivity (Wildman–Crippen MR) is 203 cm³/mol. The van der Waals surface area contributed by atoms with E-state index >= 15 is 4.79 Å². The number of carbonyl (C=O) groups excluding carboxylic acids is 4. The van der Waals surface area contributed by atoms with Crippen molar-refractivity contribution >= 4 is 41.4 Å². The molecule has 2 saturated heterocycles. The maximum atomic E-state index is 15.2. The molecule has 2 heterocycles. The van der Waals surface area contributed by atoms with E-state index in [2.05, 4.69) is 5.43 Å². The third-order valence-electron chi connectivity index (χ3n) is 11.8. The van der Waals surface area contributed by atoms with Gasteiger partial charge in [0, 0.05) is 18.9 Å². The summed E-state index contributed by atoms with van der Waals surface area (Å²) in [5.41, 5.74) is 5.35. The van der Waals surface area contributed by atoms with Crippen molar-refractivity contribution in [2.45, 2.75) is 50.9 Å². The second kappa shape index (κ2) is 15.1. The Morgan fingerprint density at radius 3 is 2.25 bits per heavy atom. The number of ether oxygens (including phenoxy) is 2. The number of aliphatic carboxylic acids is 1. The monoisotopic (exact) mass is 747 g/mol. The summed E-state index contributed by atoms with van der Waals surface area (Å²) < 4.78 is 10.8. The van der Waals surface area contributed by atoms with Crippen LogP contribution in [0.15, 0.2) is 84.5 Å². The number of aromatic hydroxyl groups is 1. The van der Waals surface area contributed by atoms with Crippen molar-refractivity contribution in [2.24, 2.45) is 29.6 Å². The van der Waals surface area contributed by atoms with Gasteiger partial charge in [0.05, 0.1) is 43.1 Å². The number of amides is 4. The van der Waals surface area contributed by atoms with E-state index in [1.807, 2.05) is 79.7 Å². The number of phenols is 1. The van der Waals surface area contributed by atoms with Gasteiger partial charge in [0.25, 0.3) is 11.8 Å². The van der Waals surface area contributed by atoms with Crippen molar-refractivity contribution in [3.05, 3.63) is 101 Å². The van der Waals surface area contributed by atoms with Crippen molar-refractivity contribution < 1.29 is 43.7 Å². The lowest BCUT2D eigenvalue weighted by Gasteiger charge is -2.49. The van der Waals surface area contributed by atoms with Crippen LogP contribution in [0.1, 0.15) is 55.2 Å². The zero-order chi connectivity index (χ0) is 39.0. The van der Waals surface area contributed by atoms with Crippen molar-refractivity contribution in [3.8, 4) is 17.2 Å². The van der Waals surface area contributed by atoms with E-state index in [0.717, 1.165) is 16.1 Å². The van der Waals surface area contributed by atoms with Gasteiger partial charge in [-0.1, -0.05) is 78.3 Å². The number of hydrogen-bond donors (Lipinski definition) is 3. The second-order valence-corrected chi connectivity index (χ2v) is 14.8. The lowest BCUT2D eigenvalue weighted by molar-refractivity contribution is -0.141. The first-order valence-corrected chi connectivity index (χ1v) is 18.7. The maximum absolute atomic E-state index is 15.2. The normalized spacial score (nSPS) is 25.8. The average Bonchev–Trinajstić information content (AvgIpc) is 3.55. The molecule has 3 aromatic carbocycles. The number of benzene rings is 3. The third kappa shape index (κ3) is 6.43. The van der Waals surface area contributed by atoms with Gasteiger partial charge in [0.1, 0.15) is 0 Å². The standard InChI is InChI=1S/C43H45N3O9/c1-25-13-16-28(17-14-25)44-46-40(51)33-24-31-29(18-19-30-37(31)41(52)45(39(30)50)21-9-5-8-12-36(47)48)32(43(33,42(46)53)27-10-6-4-7-11-27)20-15-26-22-34(54-2)38(49)35(23-26)55-3/h4,6-7,10-11,13-18,20,22-23,30-33,37,44,49H,5,8-9,12,19,21,24H2,1-3H3,(H,47,48)/t30-,31+,32-,33-,37-,43-/m0/s1. The number of aryl methyl sites for hydroxylation is 1. The molecule has 55 heavy (non-hydrogen) atoms. The third-order valence-corrected chi connectivity index (χ3v) is 11.8. The molecule has 3 N–H and O–H groups in total. The van der Waals surface area contributed by atoms with Crippen LogP contribution >= 0.6 is 0 Å². The number of phenolic OH excluding ortho intramolecular Hbond substituents is 1. The molecule has 1 saturated carbocycles. The highest BCUT2D eigenvalue weighted by atomic mass is 16.5. The predicted octanol–water partition coefficient (Wildman–Crippen LogP) is 5.89. The molecule has 3 aromatic rings. The van der Waals surface area contributed by atoms with Crippen LogP contribution in [0.3, 0.4) is 0 Å². The minimum Gasteiger partial charge on any atom is -0.502 e. The number of carbonyl (C=O) groups is 5. The summed E-state index contributed by atoms with van der Waals surface area (Å²) in [6.07, 6.45) is 7.70. The number of carboxylic acids is 1. The number of hydrazine groups is 1. The number of fused-ring (bicyclic) bond motifs is 4. The highest BCUT2D eigenvalue weighted by molar-refractivity contribution is 6.13. The van der Waals surface area contributed by atoms with Gasteiger partial charge in [0.15, 0.2) is 11.5 Å². The quantitative estimate of drug-likeness (QED) is 0.109. The number of hydrogen-bond acceptors (Lipinski definition) is 9. The molecule has 3 fully saturated rings. The first kappa shape index (κ1) is 37.4. The van der Waals surface area contributed by atoms with Crippen LogP contribution in [-0.2, 0) is 29.4 Å². The molecule has 0 bridgehead atoms. The topological polar surface area (TPSA) is 163 Å². The van der Waals surface area contributed by atoms with Gasteiger partial charge in [0.2, 0.25) is 17.6 Å². The largest absolute Gasteiger partial charge is 0.502 e. The zero-order valence-electron chi connectivity index (χ0n) is 31.1. The van der Waals surface area contributed by atoms with Crippen LogP contribution in [0.25, 0.3) is 6.08 Å². The van der Waals surface area contributed by atoms with Crippen LogP contribution < -0.4 is 14.9 Å². The summed E-state index contributed by atoms with van der Waals surface area (Å²) in [4.78, 5) is 70.5. The Balaban J connectivity index is 1.34. The molecule has 6 atom stereocenters. The number of allylic oxidation sites excluding steroid dienone is 3. The molecular weight excluding hydrogens is 702 g/mol. The fraction of sp³-hybridized carbons (Fsp3) is 0.372.